The number of hydrogen-bond donors (Lipinski definition) is 0. The van der Waals surface area contributed by atoms with Gasteiger partial charge in [0.15, 0.2) is 0 Å². The molecule has 13 heavy (non-hydrogen) atoms. The van der Waals surface area contributed by atoms with Crippen LogP contribution in [-0.4, -0.2) is 7.11 Å². The van der Waals surface area contributed by atoms with Gasteiger partial charge in [0, 0.05) is 6.42 Å². The predicted molar refractivity (Wildman–Crippen MR) is 51.8 cm³/mol. The van der Waals surface area contributed by atoms with Gasteiger partial charge in [0.2, 0.25) is 0 Å². The Bertz CT molecular complexity index is 209. The summed E-state index contributed by atoms with van der Waals surface area (Å²) < 4.78 is 4.48. The largest absolute Gasteiger partial charge is 0.0761 e. The van der Waals surface area contributed by atoms with Crippen LogP contribution in [0.5, 0.6) is 0 Å². The minimum Gasteiger partial charge on any atom is -0.0761 e. The van der Waals surface area contributed by atoms with Crippen LogP contribution in [0.4, 0.5) is 0 Å². The average molecular weight is 277 g/mol. The van der Waals surface area contributed by atoms with E-state index in [1.807, 2.05) is 0 Å². The van der Waals surface area contributed by atoms with E-state index in [0.717, 1.165) is 0 Å². The molecule has 2 aliphatic carbocycles. The molecule has 0 aliphatic heterocycles. The molecule has 71 valence electrons. The Morgan fingerprint density at radius 1 is 1.31 bits per heavy atom. The maximum atomic E-state index is 5.13. The van der Waals surface area contributed by atoms with Crippen molar-refractivity contribution >= 4 is 8.51 Å². The number of hydrogen-bond acceptors (Lipinski definition) is 1. The first-order chi connectivity index (χ1) is 6.38. The van der Waals surface area contributed by atoms with E-state index in [1.165, 1.54) is 25.7 Å². The van der Waals surface area contributed by atoms with Crippen LogP contribution in [0, 0.1) is 6.42 Å². The van der Waals surface area contributed by atoms with Crippen molar-refractivity contribution in [2.45, 2.75) is 25.7 Å². The Hall–Kier alpha value is 0.613. The molecule has 2 rings (SSSR count). The van der Waals surface area contributed by atoms with Gasteiger partial charge < -0.3 is 0 Å². The van der Waals surface area contributed by atoms with Gasteiger partial charge in [0.05, 0.1) is 0 Å². The Balaban J connectivity index is 0.000000184. The Labute approximate surface area is 95.9 Å². The first-order valence-electron chi connectivity index (χ1n) is 4.50. The van der Waals surface area contributed by atoms with Gasteiger partial charge in [-0.2, -0.15) is 0 Å². The van der Waals surface area contributed by atoms with Gasteiger partial charge in [-0.3, -0.25) is 0 Å². The van der Waals surface area contributed by atoms with Crippen LogP contribution in [0.1, 0.15) is 25.7 Å². The third kappa shape index (κ3) is 4.10. The van der Waals surface area contributed by atoms with Crippen molar-refractivity contribution in [3.05, 3.63) is 29.7 Å². The van der Waals surface area contributed by atoms with Gasteiger partial charge in [-0.05, 0) is 31.3 Å². The fraction of sp³-hybridized carbons (Fsp3) is 0.500. The zero-order valence-corrected chi connectivity index (χ0v) is 11.1. The molecule has 1 radical (unpaired) electrons. The van der Waals surface area contributed by atoms with E-state index in [4.69, 9.17) is 8.51 Å². The van der Waals surface area contributed by atoms with Gasteiger partial charge in [-0.1, -0.05) is 17.7 Å². The van der Waals surface area contributed by atoms with Gasteiger partial charge in [-0.15, -0.1) is 0 Å². The molecule has 0 unspecified atom stereocenters. The molecular weight excluding hydrogens is 263 g/mol. The van der Waals surface area contributed by atoms with Crippen molar-refractivity contribution < 1.29 is 25.3 Å². The maximum Gasteiger partial charge on any atom is 0.00864 e. The number of allylic oxidation sites excluding steroid dienone is 4. The van der Waals surface area contributed by atoms with Crippen molar-refractivity contribution in [3.8, 4) is 0 Å². The van der Waals surface area contributed by atoms with Gasteiger partial charge in [-0.25, -0.2) is 0 Å². The molecule has 0 amide bonds. The second kappa shape index (κ2) is 6.98. The second-order valence-electron chi connectivity index (χ2n) is 3.06. The van der Waals surface area contributed by atoms with E-state index in [1.54, 1.807) is 18.3 Å². The Morgan fingerprint density at radius 2 is 1.92 bits per heavy atom. The van der Waals surface area contributed by atoms with Crippen molar-refractivity contribution in [3.63, 3.8) is 0 Å². The second-order valence-corrected chi connectivity index (χ2v) is 5.36. The summed E-state index contributed by atoms with van der Waals surface area (Å²) >= 11 is -0.804. The molecule has 3 heteroatoms. The molecule has 0 fully saturated rings. The van der Waals surface area contributed by atoms with Gasteiger partial charge >= 0.3 is 40.9 Å². The van der Waals surface area contributed by atoms with Crippen molar-refractivity contribution in [2.24, 2.45) is 0 Å². The van der Waals surface area contributed by atoms with Crippen LogP contribution in [0.25, 0.3) is 0 Å². The fourth-order valence-corrected chi connectivity index (χ4v) is 1.61. The van der Waals surface area contributed by atoms with E-state index in [9.17, 15) is 0 Å². The normalized spacial score (nSPS) is 19.2. The molecule has 2 aliphatic rings. The fourth-order valence-electron chi connectivity index (χ4n) is 1.61. The Morgan fingerprint density at radius 3 is 2.46 bits per heavy atom. The summed E-state index contributed by atoms with van der Waals surface area (Å²) in [5.41, 5.74) is 3.20. The SMILES string of the molecule is C[O][Zr][Cl].[CH]1C=CC2=C1CCCC2. The van der Waals surface area contributed by atoms with Gasteiger partial charge in [0.1, 0.15) is 0 Å². The van der Waals surface area contributed by atoms with Crippen molar-refractivity contribution in [1.82, 2.24) is 0 Å². The third-order valence-corrected chi connectivity index (χ3v) is 3.52. The molecule has 1 nitrogen and oxygen atoms in total. The molecule has 0 bridgehead atoms. The average Bonchev–Trinajstić information content (AvgIpc) is 2.66. The first kappa shape index (κ1) is 11.7. The number of rotatable bonds is 1. The standard InChI is InChI=1S/C9H11.CH3O.ClH.Zr/c1-2-5-9-7-3-6-8(9)4-1;1-2;;/h3,6-7H,1-2,4-5H2;1H3;1H;/q;-1;;+2/p-1. The van der Waals surface area contributed by atoms with E-state index in [-0.39, 0.29) is 0 Å². The number of halogens is 1. The summed E-state index contributed by atoms with van der Waals surface area (Å²) in [6.45, 7) is 0. The topological polar surface area (TPSA) is 9.23 Å². The Kier molecular flexibility index (Phi) is 6.27. The van der Waals surface area contributed by atoms with Crippen molar-refractivity contribution in [1.29, 1.82) is 0 Å². The quantitative estimate of drug-likeness (QED) is 0.713. The molecule has 0 saturated carbocycles. The molecule has 0 aromatic carbocycles. The summed E-state index contributed by atoms with van der Waals surface area (Å²) in [7, 11) is 6.76. The summed E-state index contributed by atoms with van der Waals surface area (Å²) in [6, 6.07) is 0. The molecule has 0 heterocycles. The minimum atomic E-state index is -0.804. The van der Waals surface area contributed by atoms with E-state index >= 15 is 0 Å². The van der Waals surface area contributed by atoms with E-state index < -0.39 is 22.5 Å². The molecule has 0 aromatic heterocycles. The van der Waals surface area contributed by atoms with Gasteiger partial charge in [0.25, 0.3) is 0 Å². The molecule has 0 saturated heterocycles. The van der Waals surface area contributed by atoms with Crippen LogP contribution in [0.3, 0.4) is 0 Å². The monoisotopic (exact) mass is 275 g/mol. The van der Waals surface area contributed by atoms with Crippen molar-refractivity contribution in [2.75, 3.05) is 7.11 Å². The molecule has 0 spiro atoms. The third-order valence-electron chi connectivity index (χ3n) is 2.23. The molecule has 0 atom stereocenters. The van der Waals surface area contributed by atoms with Crippen LogP contribution >= 0.6 is 8.51 Å². The first-order valence-corrected chi connectivity index (χ1v) is 8.67. The minimum absolute atomic E-state index is 0.804. The van der Waals surface area contributed by atoms with E-state index in [0.29, 0.717) is 0 Å². The smallest absolute Gasteiger partial charge is 0.00864 e. The molecule has 0 N–H and O–H groups in total. The van der Waals surface area contributed by atoms with E-state index in [2.05, 4.69) is 21.4 Å². The zero-order chi connectivity index (χ0) is 9.52. The zero-order valence-electron chi connectivity index (χ0n) is 7.85. The summed E-state index contributed by atoms with van der Waals surface area (Å²) in [5.74, 6) is 0. The van der Waals surface area contributed by atoms with Crippen LogP contribution in [0.2, 0.25) is 0 Å². The maximum absolute atomic E-state index is 5.13. The van der Waals surface area contributed by atoms with Crippen LogP contribution in [-0.2, 0) is 25.3 Å². The molecule has 0 aromatic rings. The van der Waals surface area contributed by atoms with Crippen LogP contribution in [0.15, 0.2) is 23.3 Å². The van der Waals surface area contributed by atoms with Crippen LogP contribution < -0.4 is 0 Å². The summed E-state index contributed by atoms with van der Waals surface area (Å²) in [5, 5.41) is 0. The summed E-state index contributed by atoms with van der Waals surface area (Å²) in [4.78, 5) is 0. The predicted octanol–water partition coefficient (Wildman–Crippen LogP) is 3.42. The molecular formula is C10H14ClOZr. The summed E-state index contributed by atoms with van der Waals surface area (Å²) in [6.07, 6.45) is 12.1.